The van der Waals surface area contributed by atoms with E-state index in [1.165, 1.54) is 18.2 Å². The van der Waals surface area contributed by atoms with Crippen molar-refractivity contribution in [3.8, 4) is 0 Å². The number of quaternary nitrogens is 1. The summed E-state index contributed by atoms with van der Waals surface area (Å²) in [5.74, 6) is -1.31. The van der Waals surface area contributed by atoms with E-state index in [1.54, 1.807) is 0 Å². The molecule has 0 saturated carbocycles. The van der Waals surface area contributed by atoms with E-state index in [-0.39, 0.29) is 18.4 Å². The van der Waals surface area contributed by atoms with Crippen molar-refractivity contribution in [2.24, 2.45) is 0 Å². The minimum Gasteiger partial charge on any atom is -0.550 e. The summed E-state index contributed by atoms with van der Waals surface area (Å²) in [4.78, 5) is 10.3. The van der Waals surface area contributed by atoms with Gasteiger partial charge < -0.3 is 15.6 Å². The molecule has 1 aromatic carbocycles. The third-order valence-corrected chi connectivity index (χ3v) is 2.29. The van der Waals surface area contributed by atoms with E-state index < -0.39 is 23.8 Å². The summed E-state index contributed by atoms with van der Waals surface area (Å²) < 4.78 is 37.8. The van der Waals surface area contributed by atoms with Crippen molar-refractivity contribution < 1.29 is 28.8 Å². The van der Waals surface area contributed by atoms with E-state index in [9.17, 15) is 23.1 Å². The van der Waals surface area contributed by atoms with Crippen LogP contribution in [0.25, 0.3) is 0 Å². The molecule has 6 heteroatoms. The van der Waals surface area contributed by atoms with E-state index in [0.717, 1.165) is 6.07 Å². The van der Waals surface area contributed by atoms with Gasteiger partial charge in [-0.05, 0) is 11.6 Å². The molecule has 0 radical (unpaired) electrons. The maximum atomic E-state index is 12.6. The van der Waals surface area contributed by atoms with Crippen LogP contribution in [0.4, 0.5) is 13.2 Å². The van der Waals surface area contributed by atoms with Gasteiger partial charge in [-0.3, -0.25) is 0 Å². The average Bonchev–Trinajstić information content (AvgIpc) is 2.15. The number of carbonyl (C=O) groups excluding carboxylic acids is 1. The summed E-state index contributed by atoms with van der Waals surface area (Å²) in [5, 5.41) is 10.3. The molecule has 0 unspecified atom stereocenters. The van der Waals surface area contributed by atoms with Crippen molar-refractivity contribution in [1.29, 1.82) is 0 Å². The first-order valence-corrected chi connectivity index (χ1v) is 4.98. The highest BCUT2D eigenvalue weighted by Crippen LogP contribution is 2.32. The molecule has 0 amide bonds. The third kappa shape index (κ3) is 4.07. The van der Waals surface area contributed by atoms with Crippen molar-refractivity contribution in [2.75, 3.05) is 0 Å². The lowest BCUT2D eigenvalue weighted by molar-refractivity contribution is -0.423. The number of alkyl halides is 3. The van der Waals surface area contributed by atoms with E-state index >= 15 is 0 Å². The zero-order valence-electron chi connectivity index (χ0n) is 8.96. The SMILES string of the molecule is [NH3+][C@@H](CC(=O)[O-])Cc1ccccc1C(F)(F)F. The second kappa shape index (κ2) is 5.18. The minimum atomic E-state index is -4.43. The minimum absolute atomic E-state index is 0.0380. The van der Waals surface area contributed by atoms with Crippen molar-refractivity contribution in [2.45, 2.75) is 25.1 Å². The first kappa shape index (κ1) is 13.5. The van der Waals surface area contributed by atoms with Gasteiger partial charge in [0.2, 0.25) is 0 Å². The largest absolute Gasteiger partial charge is 0.550 e. The van der Waals surface area contributed by atoms with Crippen LogP contribution in [0, 0.1) is 0 Å². The summed E-state index contributed by atoms with van der Waals surface area (Å²) in [7, 11) is 0. The van der Waals surface area contributed by atoms with Crippen LogP contribution in [0.3, 0.4) is 0 Å². The van der Waals surface area contributed by atoms with Gasteiger partial charge in [0.15, 0.2) is 0 Å². The highest BCUT2D eigenvalue weighted by atomic mass is 19.4. The normalized spacial score (nSPS) is 13.4. The molecule has 0 aliphatic carbocycles. The summed E-state index contributed by atoms with van der Waals surface area (Å²) in [6.45, 7) is 0. The standard InChI is InChI=1S/C11H12F3NO2/c12-11(13,14)9-4-2-1-3-7(9)5-8(15)6-10(16)17/h1-4,8H,5-6,15H2,(H,16,17)/t8-/m1/s1. The van der Waals surface area contributed by atoms with E-state index in [2.05, 4.69) is 5.73 Å². The van der Waals surface area contributed by atoms with Gasteiger partial charge in [0, 0.05) is 18.8 Å². The molecule has 3 N–H and O–H groups in total. The highest BCUT2D eigenvalue weighted by Gasteiger charge is 2.33. The summed E-state index contributed by atoms with van der Waals surface area (Å²) in [6.07, 6.45) is -4.83. The zero-order valence-corrected chi connectivity index (χ0v) is 8.96. The Hall–Kier alpha value is -1.56. The maximum absolute atomic E-state index is 12.6. The van der Waals surface area contributed by atoms with Crippen molar-refractivity contribution in [3.05, 3.63) is 35.4 Å². The molecule has 0 spiro atoms. The molecule has 0 fully saturated rings. The average molecular weight is 247 g/mol. The first-order valence-electron chi connectivity index (χ1n) is 4.98. The third-order valence-electron chi connectivity index (χ3n) is 2.29. The lowest BCUT2D eigenvalue weighted by Crippen LogP contribution is -2.63. The van der Waals surface area contributed by atoms with Crippen LogP contribution in [0.2, 0.25) is 0 Å². The Labute approximate surface area is 96.0 Å². The molecule has 1 atom stereocenters. The van der Waals surface area contributed by atoms with Gasteiger partial charge >= 0.3 is 6.18 Å². The zero-order chi connectivity index (χ0) is 13.1. The number of carbonyl (C=O) groups is 1. The van der Waals surface area contributed by atoms with Crippen molar-refractivity contribution in [3.63, 3.8) is 0 Å². The number of halogens is 3. The Kier molecular flexibility index (Phi) is 4.11. The smallest absolute Gasteiger partial charge is 0.416 e. The molecule has 0 heterocycles. The summed E-state index contributed by atoms with van der Waals surface area (Å²) >= 11 is 0. The summed E-state index contributed by atoms with van der Waals surface area (Å²) in [5.41, 5.74) is 2.82. The number of hydrogen-bond donors (Lipinski definition) is 1. The Morgan fingerprint density at radius 3 is 2.47 bits per heavy atom. The fraction of sp³-hybridized carbons (Fsp3) is 0.364. The molecule has 1 rings (SSSR count). The molecule has 0 aliphatic heterocycles. The van der Waals surface area contributed by atoms with Crippen molar-refractivity contribution >= 4 is 5.97 Å². The van der Waals surface area contributed by atoms with Crippen LogP contribution in [0.1, 0.15) is 17.5 Å². The molecule has 3 nitrogen and oxygen atoms in total. The van der Waals surface area contributed by atoms with Crippen LogP contribution in [-0.2, 0) is 17.4 Å². The van der Waals surface area contributed by atoms with Crippen LogP contribution in [-0.4, -0.2) is 12.0 Å². The Balaban J connectivity index is 2.87. The monoisotopic (exact) mass is 247 g/mol. The number of hydrogen-bond acceptors (Lipinski definition) is 2. The van der Waals surface area contributed by atoms with E-state index in [1.807, 2.05) is 0 Å². The second-order valence-corrected chi connectivity index (χ2v) is 3.80. The van der Waals surface area contributed by atoms with Crippen LogP contribution in [0.15, 0.2) is 24.3 Å². The van der Waals surface area contributed by atoms with Gasteiger partial charge in [-0.2, -0.15) is 13.2 Å². The van der Waals surface area contributed by atoms with Crippen LogP contribution < -0.4 is 10.8 Å². The molecule has 0 bridgehead atoms. The number of aliphatic carboxylic acids is 1. The van der Waals surface area contributed by atoms with Gasteiger partial charge in [-0.15, -0.1) is 0 Å². The van der Waals surface area contributed by atoms with E-state index in [4.69, 9.17) is 0 Å². The Bertz CT molecular complexity index is 404. The maximum Gasteiger partial charge on any atom is 0.416 e. The van der Waals surface area contributed by atoms with Crippen LogP contribution in [0.5, 0.6) is 0 Å². The Morgan fingerprint density at radius 2 is 1.94 bits per heavy atom. The number of carboxylic acid groups (broad SMARTS) is 1. The van der Waals surface area contributed by atoms with Gasteiger partial charge in [0.1, 0.15) is 0 Å². The van der Waals surface area contributed by atoms with Gasteiger partial charge in [-0.25, -0.2) is 0 Å². The molecular weight excluding hydrogens is 235 g/mol. The summed E-state index contributed by atoms with van der Waals surface area (Å²) in [6, 6.07) is 4.44. The lowest BCUT2D eigenvalue weighted by atomic mass is 9.99. The van der Waals surface area contributed by atoms with E-state index in [0.29, 0.717) is 0 Å². The number of benzene rings is 1. The topological polar surface area (TPSA) is 67.8 Å². The van der Waals surface area contributed by atoms with Gasteiger partial charge in [0.05, 0.1) is 11.6 Å². The Morgan fingerprint density at radius 1 is 1.35 bits per heavy atom. The molecular formula is C11H12F3NO2. The quantitative estimate of drug-likeness (QED) is 0.813. The fourth-order valence-electron chi connectivity index (χ4n) is 1.59. The number of rotatable bonds is 4. The first-order chi connectivity index (χ1) is 7.80. The predicted octanol–water partition coefficient (Wildman–Crippen LogP) is -0.00160. The number of carboxylic acids is 1. The molecule has 17 heavy (non-hydrogen) atoms. The molecule has 94 valence electrons. The van der Waals surface area contributed by atoms with Crippen LogP contribution >= 0.6 is 0 Å². The lowest BCUT2D eigenvalue weighted by Gasteiger charge is -2.14. The molecule has 0 saturated heterocycles. The predicted molar refractivity (Wildman–Crippen MR) is 51.4 cm³/mol. The molecule has 0 aromatic heterocycles. The molecule has 1 aromatic rings. The molecule has 0 aliphatic rings. The fourth-order valence-corrected chi connectivity index (χ4v) is 1.59. The van der Waals surface area contributed by atoms with Crippen molar-refractivity contribution in [1.82, 2.24) is 0 Å². The highest BCUT2D eigenvalue weighted by molar-refractivity contribution is 5.64. The second-order valence-electron chi connectivity index (χ2n) is 3.80. The van der Waals surface area contributed by atoms with Gasteiger partial charge in [-0.1, -0.05) is 18.2 Å². The van der Waals surface area contributed by atoms with Gasteiger partial charge in [0.25, 0.3) is 0 Å².